The second-order valence-electron chi connectivity index (χ2n) is 8.09. The van der Waals surface area contributed by atoms with Crippen molar-refractivity contribution in [1.29, 1.82) is 0 Å². The molecule has 2 heterocycles. The second kappa shape index (κ2) is 11.0. The zero-order valence-electron chi connectivity index (χ0n) is 18.3. The molecule has 2 saturated heterocycles. The van der Waals surface area contributed by atoms with E-state index in [-0.39, 0.29) is 24.3 Å². The molecule has 0 aliphatic carbocycles. The Labute approximate surface area is 179 Å². The fourth-order valence-electron chi connectivity index (χ4n) is 4.26. The molecule has 30 heavy (non-hydrogen) atoms. The lowest BCUT2D eigenvalue weighted by Gasteiger charge is -2.34. The largest absolute Gasteiger partial charge is 0.493 e. The normalized spacial score (nSPS) is 18.3. The van der Waals surface area contributed by atoms with Crippen LogP contribution in [0.4, 0.5) is 0 Å². The smallest absolute Gasteiger partial charge is 0.260 e. The number of ether oxygens (including phenoxy) is 2. The number of amides is 2. The quantitative estimate of drug-likeness (QED) is 0.711. The van der Waals surface area contributed by atoms with Gasteiger partial charge < -0.3 is 19.3 Å². The van der Waals surface area contributed by atoms with Gasteiger partial charge in [0.25, 0.3) is 5.91 Å². The Morgan fingerprint density at radius 2 is 1.70 bits per heavy atom. The van der Waals surface area contributed by atoms with Crippen LogP contribution in [-0.4, -0.2) is 61.5 Å². The molecule has 1 aromatic rings. The highest BCUT2D eigenvalue weighted by Gasteiger charge is 2.30. The maximum Gasteiger partial charge on any atom is 0.260 e. The molecule has 0 spiro atoms. The fraction of sp³-hybridized carbons (Fsp3) is 0.583. The van der Waals surface area contributed by atoms with Crippen LogP contribution in [0.1, 0.15) is 51.0 Å². The van der Waals surface area contributed by atoms with Crippen LogP contribution in [0.25, 0.3) is 6.08 Å². The summed E-state index contributed by atoms with van der Waals surface area (Å²) in [4.78, 5) is 29.3. The summed E-state index contributed by atoms with van der Waals surface area (Å²) in [5.41, 5.74) is 1.02. The van der Waals surface area contributed by atoms with E-state index in [0.29, 0.717) is 24.6 Å². The average molecular weight is 415 g/mol. The third kappa shape index (κ3) is 5.77. The molecule has 2 amide bonds. The lowest BCUT2D eigenvalue weighted by atomic mass is 9.95. The SMILES string of the molecule is C/C=C/c1ccc(OCC(=O)N2CCC(C(=O)N3CCCCCC3)CC2)c(OC)c1. The molecule has 0 unspecified atom stereocenters. The number of hydrogen-bond donors (Lipinski definition) is 0. The molecule has 2 fully saturated rings. The van der Waals surface area contributed by atoms with Crippen LogP contribution in [0.3, 0.4) is 0 Å². The Kier molecular flexibility index (Phi) is 8.17. The minimum atomic E-state index is -0.0461. The number of nitrogens with zero attached hydrogens (tertiary/aromatic N) is 2. The Morgan fingerprint density at radius 1 is 1.00 bits per heavy atom. The molecule has 3 rings (SSSR count). The van der Waals surface area contributed by atoms with Crippen LogP contribution in [0.15, 0.2) is 24.3 Å². The number of rotatable bonds is 6. The Hall–Kier alpha value is -2.50. The van der Waals surface area contributed by atoms with E-state index in [1.54, 1.807) is 7.11 Å². The van der Waals surface area contributed by atoms with Gasteiger partial charge in [0.2, 0.25) is 5.91 Å². The first-order valence-corrected chi connectivity index (χ1v) is 11.1. The van der Waals surface area contributed by atoms with E-state index < -0.39 is 0 Å². The van der Waals surface area contributed by atoms with Gasteiger partial charge in [0, 0.05) is 32.1 Å². The highest BCUT2D eigenvalue weighted by molar-refractivity contribution is 5.81. The first-order chi connectivity index (χ1) is 14.6. The average Bonchev–Trinajstić information content (AvgIpc) is 3.07. The van der Waals surface area contributed by atoms with Gasteiger partial charge in [-0.05, 0) is 50.3 Å². The first kappa shape index (κ1) is 22.2. The molecule has 1 aromatic carbocycles. The van der Waals surface area contributed by atoms with E-state index in [2.05, 4.69) is 0 Å². The van der Waals surface area contributed by atoms with Gasteiger partial charge in [0.15, 0.2) is 18.1 Å². The van der Waals surface area contributed by atoms with Crippen LogP contribution in [0.2, 0.25) is 0 Å². The summed E-state index contributed by atoms with van der Waals surface area (Å²) in [6.07, 6.45) is 10.1. The van der Waals surface area contributed by atoms with Crippen LogP contribution < -0.4 is 9.47 Å². The lowest BCUT2D eigenvalue weighted by Crippen LogP contribution is -2.45. The molecule has 0 aromatic heterocycles. The van der Waals surface area contributed by atoms with E-state index >= 15 is 0 Å². The molecule has 0 saturated carbocycles. The summed E-state index contributed by atoms with van der Waals surface area (Å²) in [5.74, 6) is 1.46. The number of piperidine rings is 1. The first-order valence-electron chi connectivity index (χ1n) is 11.1. The Bertz CT molecular complexity index is 746. The number of hydrogen-bond acceptors (Lipinski definition) is 4. The summed E-state index contributed by atoms with van der Waals surface area (Å²) < 4.78 is 11.1. The lowest BCUT2D eigenvalue weighted by molar-refractivity contribution is -0.141. The van der Waals surface area contributed by atoms with Gasteiger partial charge in [0.05, 0.1) is 7.11 Å². The van der Waals surface area contributed by atoms with Crippen molar-refractivity contribution in [2.24, 2.45) is 5.92 Å². The van der Waals surface area contributed by atoms with Gasteiger partial charge in [0.1, 0.15) is 0 Å². The van der Waals surface area contributed by atoms with Crippen molar-refractivity contribution in [2.45, 2.75) is 45.4 Å². The van der Waals surface area contributed by atoms with E-state index in [0.717, 1.165) is 44.3 Å². The predicted molar refractivity (Wildman–Crippen MR) is 118 cm³/mol. The molecule has 6 nitrogen and oxygen atoms in total. The molecule has 0 radical (unpaired) electrons. The molecule has 0 N–H and O–H groups in total. The van der Waals surface area contributed by atoms with E-state index in [4.69, 9.17) is 9.47 Å². The molecule has 2 aliphatic heterocycles. The molecule has 164 valence electrons. The monoisotopic (exact) mass is 414 g/mol. The van der Waals surface area contributed by atoms with Crippen LogP contribution in [-0.2, 0) is 9.59 Å². The summed E-state index contributed by atoms with van der Waals surface area (Å²) >= 11 is 0. The highest BCUT2D eigenvalue weighted by Crippen LogP contribution is 2.29. The number of carbonyl (C=O) groups excluding carboxylic acids is 2. The minimum absolute atomic E-state index is 0.0237. The molecule has 6 heteroatoms. The third-order valence-electron chi connectivity index (χ3n) is 6.01. The summed E-state index contributed by atoms with van der Waals surface area (Å²) in [6.45, 7) is 4.94. The third-order valence-corrected chi connectivity index (χ3v) is 6.01. The topological polar surface area (TPSA) is 59.1 Å². The Balaban J connectivity index is 1.48. The van der Waals surface area contributed by atoms with E-state index in [1.165, 1.54) is 12.8 Å². The van der Waals surface area contributed by atoms with Crippen LogP contribution in [0, 0.1) is 5.92 Å². The van der Waals surface area contributed by atoms with Crippen molar-refractivity contribution in [3.05, 3.63) is 29.8 Å². The van der Waals surface area contributed by atoms with Crippen molar-refractivity contribution in [3.63, 3.8) is 0 Å². The van der Waals surface area contributed by atoms with E-state index in [1.807, 2.05) is 47.1 Å². The summed E-state index contributed by atoms with van der Waals surface area (Å²) in [6, 6.07) is 5.65. The summed E-state index contributed by atoms with van der Waals surface area (Å²) in [7, 11) is 1.59. The number of likely N-dealkylation sites (tertiary alicyclic amines) is 2. The van der Waals surface area contributed by atoms with Gasteiger partial charge >= 0.3 is 0 Å². The van der Waals surface area contributed by atoms with Crippen LogP contribution in [0.5, 0.6) is 11.5 Å². The fourth-order valence-corrected chi connectivity index (χ4v) is 4.26. The van der Waals surface area contributed by atoms with Gasteiger partial charge in [-0.3, -0.25) is 9.59 Å². The van der Waals surface area contributed by atoms with Gasteiger partial charge in [-0.1, -0.05) is 31.1 Å². The number of carbonyl (C=O) groups is 2. The molecule has 2 aliphatic rings. The molecule has 0 bridgehead atoms. The van der Waals surface area contributed by atoms with Crippen LogP contribution >= 0.6 is 0 Å². The highest BCUT2D eigenvalue weighted by atomic mass is 16.5. The molecular formula is C24H34N2O4. The Morgan fingerprint density at radius 3 is 2.33 bits per heavy atom. The van der Waals surface area contributed by atoms with Crippen molar-refractivity contribution < 1.29 is 19.1 Å². The van der Waals surface area contributed by atoms with E-state index in [9.17, 15) is 9.59 Å². The summed E-state index contributed by atoms with van der Waals surface area (Å²) in [5, 5.41) is 0. The molecule has 0 atom stereocenters. The zero-order valence-corrected chi connectivity index (χ0v) is 18.3. The van der Waals surface area contributed by atoms with Gasteiger partial charge in [-0.15, -0.1) is 0 Å². The number of methoxy groups -OCH3 is 1. The minimum Gasteiger partial charge on any atom is -0.493 e. The van der Waals surface area contributed by atoms with Gasteiger partial charge in [-0.25, -0.2) is 0 Å². The van der Waals surface area contributed by atoms with Crippen molar-refractivity contribution in [1.82, 2.24) is 9.80 Å². The second-order valence-corrected chi connectivity index (χ2v) is 8.09. The maximum atomic E-state index is 12.8. The van der Waals surface area contributed by atoms with Crippen molar-refractivity contribution in [2.75, 3.05) is 39.9 Å². The predicted octanol–water partition coefficient (Wildman–Crippen LogP) is 3.75. The van der Waals surface area contributed by atoms with Crippen molar-refractivity contribution >= 4 is 17.9 Å². The maximum absolute atomic E-state index is 12.8. The molecular weight excluding hydrogens is 380 g/mol. The standard InChI is InChI=1S/C24H34N2O4/c1-3-8-19-9-10-21(22(17-19)29-2)30-18-23(27)25-15-11-20(12-16-25)24(28)26-13-6-4-5-7-14-26/h3,8-10,17,20H,4-7,11-16,18H2,1-2H3/b8-3+. The zero-order chi connectivity index (χ0) is 21.3. The van der Waals surface area contributed by atoms with Gasteiger partial charge in [-0.2, -0.15) is 0 Å². The van der Waals surface area contributed by atoms with Crippen molar-refractivity contribution in [3.8, 4) is 11.5 Å². The number of benzene rings is 1. The number of allylic oxidation sites excluding steroid dienone is 1.